The molecule has 0 aliphatic rings. The van der Waals surface area contributed by atoms with Gasteiger partial charge in [-0.05, 0) is 43.2 Å². The molecule has 1 aromatic heterocycles. The molecule has 0 atom stereocenters. The zero-order valence-electron chi connectivity index (χ0n) is 10.4. The van der Waals surface area contributed by atoms with Crippen LogP contribution < -0.4 is 11.1 Å². The highest BCUT2D eigenvalue weighted by Crippen LogP contribution is 2.21. The maximum atomic E-state index is 8.89. The third kappa shape index (κ3) is 2.41. The molecule has 0 fully saturated rings. The number of nitrogens with two attached hydrogens (primary N) is 1. The number of aromatic nitrogens is 1. The molecule has 18 heavy (non-hydrogen) atoms. The van der Waals surface area contributed by atoms with Gasteiger partial charge in [-0.3, -0.25) is 0 Å². The van der Waals surface area contributed by atoms with Gasteiger partial charge in [0.2, 0.25) is 0 Å². The van der Waals surface area contributed by atoms with Crippen molar-refractivity contribution >= 4 is 17.2 Å². The molecule has 0 bridgehead atoms. The smallest absolute Gasteiger partial charge is 0.165 e. The number of rotatable bonds is 2. The lowest BCUT2D eigenvalue weighted by molar-refractivity contribution is 1.25. The molecule has 2 aromatic rings. The Morgan fingerprint density at radius 3 is 2.72 bits per heavy atom. The predicted octanol–water partition coefficient (Wildman–Crippen LogP) is 2.90. The van der Waals surface area contributed by atoms with Gasteiger partial charge in [0, 0.05) is 5.69 Å². The maximum Gasteiger partial charge on any atom is 0.165 e. The molecule has 3 N–H and O–H groups in total. The van der Waals surface area contributed by atoms with E-state index in [2.05, 4.69) is 16.4 Å². The van der Waals surface area contributed by atoms with E-state index in [0.29, 0.717) is 11.5 Å². The first-order valence-corrected chi connectivity index (χ1v) is 5.61. The minimum Gasteiger partial charge on any atom is -0.396 e. The molecule has 0 radical (unpaired) electrons. The highest BCUT2D eigenvalue weighted by molar-refractivity contribution is 5.64. The summed E-state index contributed by atoms with van der Waals surface area (Å²) in [6, 6.07) is 11.5. The van der Waals surface area contributed by atoms with E-state index in [4.69, 9.17) is 11.0 Å². The fourth-order valence-electron chi connectivity index (χ4n) is 1.64. The lowest BCUT2D eigenvalue weighted by atomic mass is 10.1. The monoisotopic (exact) mass is 238 g/mol. The number of pyridine rings is 1. The number of anilines is 3. The molecule has 4 nitrogen and oxygen atoms in total. The van der Waals surface area contributed by atoms with E-state index in [-0.39, 0.29) is 5.69 Å². The van der Waals surface area contributed by atoms with Gasteiger partial charge in [0.25, 0.3) is 0 Å². The first-order valence-electron chi connectivity index (χ1n) is 5.61. The van der Waals surface area contributed by atoms with Gasteiger partial charge in [-0.1, -0.05) is 12.1 Å². The summed E-state index contributed by atoms with van der Waals surface area (Å²) in [6.07, 6.45) is 0. The highest BCUT2D eigenvalue weighted by Gasteiger charge is 2.04. The Hall–Kier alpha value is -2.54. The average molecular weight is 238 g/mol. The van der Waals surface area contributed by atoms with Crippen molar-refractivity contribution in [3.63, 3.8) is 0 Å². The number of hydrogen-bond donors (Lipinski definition) is 2. The van der Waals surface area contributed by atoms with Crippen molar-refractivity contribution in [2.24, 2.45) is 0 Å². The minimum atomic E-state index is 0.241. The number of benzene rings is 1. The van der Waals surface area contributed by atoms with Gasteiger partial charge < -0.3 is 11.1 Å². The topological polar surface area (TPSA) is 74.7 Å². The van der Waals surface area contributed by atoms with E-state index >= 15 is 0 Å². The lowest BCUT2D eigenvalue weighted by Crippen LogP contribution is -2.00. The summed E-state index contributed by atoms with van der Waals surface area (Å²) < 4.78 is 0. The van der Waals surface area contributed by atoms with Crippen LogP contribution in [0.2, 0.25) is 0 Å². The van der Waals surface area contributed by atoms with Crippen LogP contribution in [0.1, 0.15) is 16.8 Å². The van der Waals surface area contributed by atoms with Gasteiger partial charge in [0.1, 0.15) is 11.9 Å². The highest BCUT2D eigenvalue weighted by atomic mass is 15.0. The third-order valence-corrected chi connectivity index (χ3v) is 2.69. The molecule has 90 valence electrons. The average Bonchev–Trinajstić information content (AvgIpc) is 2.36. The predicted molar refractivity (Wildman–Crippen MR) is 72.6 cm³/mol. The van der Waals surface area contributed by atoms with Crippen molar-refractivity contribution in [3.05, 3.63) is 47.2 Å². The fraction of sp³-hybridized carbons (Fsp3) is 0.143. The standard InChI is InChI=1S/C14H14N4/c1-9-3-4-10(2)12(7-9)17-14-6-5-11(16)13(8-15)18-14/h3-7H,16H2,1-2H3,(H,17,18). The van der Waals surface area contributed by atoms with Crippen LogP contribution in [0.5, 0.6) is 0 Å². The molecule has 4 heteroatoms. The quantitative estimate of drug-likeness (QED) is 0.843. The molecule has 0 aliphatic heterocycles. The number of nitrogens with zero attached hydrogens (tertiary/aromatic N) is 2. The zero-order chi connectivity index (χ0) is 13.1. The van der Waals surface area contributed by atoms with Crippen molar-refractivity contribution in [2.75, 3.05) is 11.1 Å². The van der Waals surface area contributed by atoms with Crippen LogP contribution in [0, 0.1) is 25.2 Å². The summed E-state index contributed by atoms with van der Waals surface area (Å²) in [5.41, 5.74) is 9.54. The van der Waals surface area contributed by atoms with Gasteiger partial charge >= 0.3 is 0 Å². The first-order chi connectivity index (χ1) is 8.60. The number of nitrogen functional groups attached to an aromatic ring is 1. The maximum absolute atomic E-state index is 8.89. The summed E-state index contributed by atoms with van der Waals surface area (Å²) in [6.45, 7) is 4.05. The summed E-state index contributed by atoms with van der Waals surface area (Å²) >= 11 is 0. The number of nitriles is 1. The van der Waals surface area contributed by atoms with Crippen LogP contribution in [0.3, 0.4) is 0 Å². The van der Waals surface area contributed by atoms with Crippen molar-refractivity contribution < 1.29 is 0 Å². The molecule has 1 aromatic carbocycles. The lowest BCUT2D eigenvalue weighted by Gasteiger charge is -2.10. The second-order valence-corrected chi connectivity index (χ2v) is 4.19. The largest absolute Gasteiger partial charge is 0.396 e. The minimum absolute atomic E-state index is 0.241. The second kappa shape index (κ2) is 4.76. The van der Waals surface area contributed by atoms with Crippen LogP contribution in [-0.2, 0) is 0 Å². The van der Waals surface area contributed by atoms with Crippen molar-refractivity contribution in [1.82, 2.24) is 4.98 Å². The Morgan fingerprint density at radius 2 is 2.00 bits per heavy atom. The number of hydrogen-bond acceptors (Lipinski definition) is 4. The van der Waals surface area contributed by atoms with Crippen LogP contribution >= 0.6 is 0 Å². The van der Waals surface area contributed by atoms with Crippen LogP contribution in [0.4, 0.5) is 17.2 Å². The SMILES string of the molecule is Cc1ccc(C)c(Nc2ccc(N)c(C#N)n2)c1. The molecular weight excluding hydrogens is 224 g/mol. The van der Waals surface area contributed by atoms with E-state index in [0.717, 1.165) is 11.3 Å². The molecule has 0 aliphatic carbocycles. The summed E-state index contributed by atoms with van der Waals surface area (Å²) in [4.78, 5) is 4.16. The van der Waals surface area contributed by atoms with Crippen molar-refractivity contribution in [3.8, 4) is 6.07 Å². The summed E-state index contributed by atoms with van der Waals surface area (Å²) in [7, 11) is 0. The van der Waals surface area contributed by atoms with E-state index in [1.54, 1.807) is 12.1 Å². The zero-order valence-corrected chi connectivity index (χ0v) is 10.4. The Balaban J connectivity index is 2.34. The molecule has 1 heterocycles. The van der Waals surface area contributed by atoms with E-state index in [1.807, 2.05) is 32.0 Å². The second-order valence-electron chi connectivity index (χ2n) is 4.19. The van der Waals surface area contributed by atoms with Gasteiger partial charge in [-0.2, -0.15) is 5.26 Å². The van der Waals surface area contributed by atoms with E-state index in [1.165, 1.54) is 5.56 Å². The van der Waals surface area contributed by atoms with Crippen LogP contribution in [0.15, 0.2) is 30.3 Å². The Morgan fingerprint density at radius 1 is 1.22 bits per heavy atom. The Labute approximate surface area is 106 Å². The molecule has 2 rings (SSSR count). The molecular formula is C14H14N4. The Bertz CT molecular complexity index is 626. The van der Waals surface area contributed by atoms with Crippen molar-refractivity contribution in [2.45, 2.75) is 13.8 Å². The van der Waals surface area contributed by atoms with Gasteiger partial charge in [-0.15, -0.1) is 0 Å². The van der Waals surface area contributed by atoms with Crippen LogP contribution in [0.25, 0.3) is 0 Å². The van der Waals surface area contributed by atoms with Gasteiger partial charge in [-0.25, -0.2) is 4.98 Å². The number of nitrogens with one attached hydrogen (secondary N) is 1. The fourth-order valence-corrected chi connectivity index (χ4v) is 1.64. The molecule has 0 saturated heterocycles. The van der Waals surface area contributed by atoms with Gasteiger partial charge in [0.15, 0.2) is 5.69 Å². The van der Waals surface area contributed by atoms with E-state index in [9.17, 15) is 0 Å². The molecule has 0 unspecified atom stereocenters. The third-order valence-electron chi connectivity index (χ3n) is 2.69. The molecule has 0 spiro atoms. The van der Waals surface area contributed by atoms with E-state index < -0.39 is 0 Å². The normalized spacial score (nSPS) is 9.83. The summed E-state index contributed by atoms with van der Waals surface area (Å²) in [5.74, 6) is 0.620. The summed E-state index contributed by atoms with van der Waals surface area (Å²) in [5, 5.41) is 12.1. The van der Waals surface area contributed by atoms with Crippen molar-refractivity contribution in [1.29, 1.82) is 5.26 Å². The first kappa shape index (κ1) is 11.9. The Kier molecular flexibility index (Phi) is 3.16. The number of aryl methyl sites for hydroxylation is 2. The molecule has 0 amide bonds. The molecule has 0 saturated carbocycles. The van der Waals surface area contributed by atoms with Gasteiger partial charge in [0.05, 0.1) is 5.69 Å². The van der Waals surface area contributed by atoms with Crippen LogP contribution in [-0.4, -0.2) is 4.98 Å².